The van der Waals surface area contributed by atoms with Crippen molar-refractivity contribution in [2.75, 3.05) is 13.1 Å². The van der Waals surface area contributed by atoms with Gasteiger partial charge < -0.3 is 10.1 Å². The fraction of sp³-hybridized carbons (Fsp3) is 0.545. The summed E-state index contributed by atoms with van der Waals surface area (Å²) in [7, 11) is 0. The number of piperidine rings is 1. The standard InChI is InChI=1S/C22H30N6O2/c1-13-6-7-15-12-17(21(30)23-18(15)14(13)2)19(27-10-8-16(29)9-11-27)20-24-25-26-28(20)22(3,4)5/h6-7,12,16,19,29H,8-11H2,1-5H3,(H,23,30)/t19-/m1/s1. The second-order valence-corrected chi connectivity index (χ2v) is 9.31. The Morgan fingerprint density at radius 2 is 1.90 bits per heavy atom. The summed E-state index contributed by atoms with van der Waals surface area (Å²) in [5.41, 5.74) is 3.26. The Bertz CT molecular complexity index is 1120. The Hall–Kier alpha value is -2.58. The van der Waals surface area contributed by atoms with Gasteiger partial charge in [-0.15, -0.1) is 5.10 Å². The highest BCUT2D eigenvalue weighted by Crippen LogP contribution is 2.32. The highest BCUT2D eigenvalue weighted by atomic mass is 16.3. The van der Waals surface area contributed by atoms with Crippen molar-refractivity contribution in [3.05, 3.63) is 51.1 Å². The van der Waals surface area contributed by atoms with Crippen LogP contribution in [0.4, 0.5) is 0 Å². The number of aliphatic hydroxyl groups is 1. The lowest BCUT2D eigenvalue weighted by Gasteiger charge is -2.36. The Kier molecular flexibility index (Phi) is 5.23. The molecule has 160 valence electrons. The molecule has 1 aliphatic rings. The number of fused-ring (bicyclic) bond motifs is 1. The van der Waals surface area contributed by atoms with Crippen LogP contribution in [0.15, 0.2) is 23.0 Å². The van der Waals surface area contributed by atoms with Crippen LogP contribution >= 0.6 is 0 Å². The maximum Gasteiger partial charge on any atom is 0.253 e. The SMILES string of the molecule is Cc1ccc2cc([C@H](c3nnnn3C(C)(C)C)N3CCC(O)CC3)c(=O)[nH]c2c1C. The van der Waals surface area contributed by atoms with E-state index < -0.39 is 0 Å². The Labute approximate surface area is 175 Å². The number of nitrogens with one attached hydrogen (secondary N) is 1. The third-order valence-electron chi connectivity index (χ3n) is 6.11. The van der Waals surface area contributed by atoms with Gasteiger partial charge in [0.2, 0.25) is 0 Å². The molecule has 8 nitrogen and oxygen atoms in total. The number of pyridine rings is 1. The van der Waals surface area contributed by atoms with E-state index in [0.717, 1.165) is 22.0 Å². The number of hydrogen-bond donors (Lipinski definition) is 2. The van der Waals surface area contributed by atoms with Crippen LogP contribution in [-0.2, 0) is 5.54 Å². The molecule has 0 unspecified atom stereocenters. The highest BCUT2D eigenvalue weighted by Gasteiger charge is 2.35. The van der Waals surface area contributed by atoms with Gasteiger partial charge >= 0.3 is 0 Å². The largest absolute Gasteiger partial charge is 0.393 e. The zero-order valence-electron chi connectivity index (χ0n) is 18.3. The zero-order valence-corrected chi connectivity index (χ0v) is 18.3. The molecule has 1 aliphatic heterocycles. The second-order valence-electron chi connectivity index (χ2n) is 9.31. The number of benzene rings is 1. The number of nitrogens with zero attached hydrogens (tertiary/aromatic N) is 5. The van der Waals surface area contributed by atoms with Crippen LogP contribution < -0.4 is 5.56 Å². The highest BCUT2D eigenvalue weighted by molar-refractivity contribution is 5.83. The molecule has 3 heterocycles. The Morgan fingerprint density at radius 3 is 2.57 bits per heavy atom. The molecule has 1 fully saturated rings. The van der Waals surface area contributed by atoms with Gasteiger partial charge in [-0.1, -0.05) is 12.1 Å². The van der Waals surface area contributed by atoms with Crippen LogP contribution in [0.25, 0.3) is 10.9 Å². The predicted molar refractivity (Wildman–Crippen MR) is 116 cm³/mol. The van der Waals surface area contributed by atoms with Gasteiger partial charge in [0.1, 0.15) is 6.04 Å². The molecule has 0 amide bonds. The fourth-order valence-electron chi connectivity index (χ4n) is 4.23. The summed E-state index contributed by atoms with van der Waals surface area (Å²) in [5.74, 6) is 0.646. The summed E-state index contributed by atoms with van der Waals surface area (Å²) < 4.78 is 1.80. The number of hydrogen-bond acceptors (Lipinski definition) is 6. The molecule has 1 aromatic carbocycles. The first-order valence-electron chi connectivity index (χ1n) is 10.5. The predicted octanol–water partition coefficient (Wildman–Crippen LogP) is 2.43. The summed E-state index contributed by atoms with van der Waals surface area (Å²) in [6.45, 7) is 11.5. The van der Waals surface area contributed by atoms with Crippen molar-refractivity contribution in [1.29, 1.82) is 0 Å². The third-order valence-corrected chi connectivity index (χ3v) is 6.11. The lowest BCUT2D eigenvalue weighted by atomic mass is 9.97. The summed E-state index contributed by atoms with van der Waals surface area (Å²) in [6, 6.07) is 5.70. The lowest BCUT2D eigenvalue weighted by Crippen LogP contribution is -2.42. The van der Waals surface area contributed by atoms with Crippen LogP contribution in [0.1, 0.15) is 62.2 Å². The van der Waals surface area contributed by atoms with Gasteiger partial charge in [-0.2, -0.15) is 0 Å². The van der Waals surface area contributed by atoms with Crippen molar-refractivity contribution in [3.63, 3.8) is 0 Å². The van der Waals surface area contributed by atoms with E-state index in [2.05, 4.69) is 31.5 Å². The van der Waals surface area contributed by atoms with Gasteiger partial charge in [-0.3, -0.25) is 9.69 Å². The number of rotatable bonds is 3. The molecule has 0 bridgehead atoms. The van der Waals surface area contributed by atoms with E-state index in [9.17, 15) is 9.90 Å². The van der Waals surface area contributed by atoms with E-state index in [-0.39, 0.29) is 23.2 Å². The second kappa shape index (κ2) is 7.59. The smallest absolute Gasteiger partial charge is 0.253 e. The minimum absolute atomic E-state index is 0.129. The molecule has 30 heavy (non-hydrogen) atoms. The number of likely N-dealkylation sites (tertiary alicyclic amines) is 1. The van der Waals surface area contributed by atoms with Crippen LogP contribution in [0, 0.1) is 13.8 Å². The van der Waals surface area contributed by atoms with E-state index in [0.29, 0.717) is 37.3 Å². The first-order valence-corrected chi connectivity index (χ1v) is 10.5. The van der Waals surface area contributed by atoms with E-state index in [1.807, 2.05) is 46.8 Å². The van der Waals surface area contributed by atoms with Crippen LogP contribution in [0.2, 0.25) is 0 Å². The number of H-pyrrole nitrogens is 1. The maximum atomic E-state index is 13.3. The monoisotopic (exact) mass is 410 g/mol. The van der Waals surface area contributed by atoms with Gasteiger partial charge in [0.15, 0.2) is 5.82 Å². The maximum absolute atomic E-state index is 13.3. The topological polar surface area (TPSA) is 99.9 Å². The fourth-order valence-corrected chi connectivity index (χ4v) is 4.23. The van der Waals surface area contributed by atoms with Gasteiger partial charge in [-0.25, -0.2) is 4.68 Å². The molecule has 3 aromatic rings. The van der Waals surface area contributed by atoms with Crippen molar-refractivity contribution in [2.24, 2.45) is 0 Å². The average molecular weight is 411 g/mol. The lowest BCUT2D eigenvalue weighted by molar-refractivity contribution is 0.0647. The number of aromatic amines is 1. The number of aromatic nitrogens is 5. The molecule has 1 saturated heterocycles. The Balaban J connectivity index is 1.91. The normalized spacial score (nSPS) is 17.5. The molecule has 0 spiro atoms. The van der Waals surface area contributed by atoms with Crippen molar-refractivity contribution in [3.8, 4) is 0 Å². The summed E-state index contributed by atoms with van der Waals surface area (Å²) in [6.07, 6.45) is 1.02. The molecule has 0 radical (unpaired) electrons. The molecule has 4 rings (SSSR count). The number of aliphatic hydroxyl groups excluding tert-OH is 1. The molecule has 0 saturated carbocycles. The number of aryl methyl sites for hydroxylation is 2. The molecule has 8 heteroatoms. The minimum Gasteiger partial charge on any atom is -0.393 e. The quantitative estimate of drug-likeness (QED) is 0.688. The zero-order chi connectivity index (χ0) is 21.6. The van der Waals surface area contributed by atoms with Gasteiger partial charge in [0.05, 0.1) is 17.2 Å². The van der Waals surface area contributed by atoms with Gasteiger partial charge in [0, 0.05) is 18.7 Å². The molecule has 0 aliphatic carbocycles. The third kappa shape index (κ3) is 3.65. The average Bonchev–Trinajstić information content (AvgIpc) is 3.17. The van der Waals surface area contributed by atoms with Gasteiger partial charge in [-0.05, 0) is 80.5 Å². The van der Waals surface area contributed by atoms with E-state index in [4.69, 9.17) is 0 Å². The summed E-state index contributed by atoms with van der Waals surface area (Å²) in [5, 5.41) is 23.5. The van der Waals surface area contributed by atoms with Crippen LogP contribution in [0.5, 0.6) is 0 Å². The molecule has 2 N–H and O–H groups in total. The van der Waals surface area contributed by atoms with Crippen molar-refractivity contribution >= 4 is 10.9 Å². The molecule has 2 aromatic heterocycles. The summed E-state index contributed by atoms with van der Waals surface area (Å²) in [4.78, 5) is 18.6. The molecule has 1 atom stereocenters. The van der Waals surface area contributed by atoms with Crippen molar-refractivity contribution in [2.45, 2.75) is 65.1 Å². The van der Waals surface area contributed by atoms with Crippen molar-refractivity contribution < 1.29 is 5.11 Å². The minimum atomic E-state index is -0.388. The first-order chi connectivity index (χ1) is 14.2. The first kappa shape index (κ1) is 20.7. The van der Waals surface area contributed by atoms with Crippen molar-refractivity contribution in [1.82, 2.24) is 30.1 Å². The van der Waals surface area contributed by atoms with E-state index in [1.54, 1.807) is 4.68 Å². The summed E-state index contributed by atoms with van der Waals surface area (Å²) >= 11 is 0. The van der Waals surface area contributed by atoms with E-state index >= 15 is 0 Å². The van der Waals surface area contributed by atoms with E-state index in [1.165, 1.54) is 0 Å². The molecular weight excluding hydrogens is 380 g/mol. The van der Waals surface area contributed by atoms with Gasteiger partial charge in [0.25, 0.3) is 5.56 Å². The van der Waals surface area contributed by atoms with Crippen LogP contribution in [-0.4, -0.2) is 54.4 Å². The Morgan fingerprint density at radius 1 is 1.20 bits per heavy atom. The van der Waals surface area contributed by atoms with Crippen LogP contribution in [0.3, 0.4) is 0 Å². The number of tetrazole rings is 1. The molecular formula is C22H30N6O2.